The standard InChI is InChI=1S/C19H23NO3/c1-5-20(6-2)19(22)23-16-12-8-10-14(4)18(16)17-13(3)9-7-11-15(17)21/h7-12,21H,5-6H2,1-4H3. The van der Waals surface area contributed by atoms with E-state index >= 15 is 0 Å². The number of phenolic OH excluding ortho intramolecular Hbond substituents is 1. The van der Waals surface area contributed by atoms with Gasteiger partial charge in [-0.1, -0.05) is 24.3 Å². The van der Waals surface area contributed by atoms with Crippen LogP contribution >= 0.6 is 0 Å². The number of phenols is 1. The summed E-state index contributed by atoms with van der Waals surface area (Å²) in [6.07, 6.45) is -0.380. The van der Waals surface area contributed by atoms with Gasteiger partial charge in [-0.15, -0.1) is 0 Å². The van der Waals surface area contributed by atoms with Crippen molar-refractivity contribution in [2.24, 2.45) is 0 Å². The topological polar surface area (TPSA) is 49.8 Å². The van der Waals surface area contributed by atoms with Gasteiger partial charge < -0.3 is 14.7 Å². The Balaban J connectivity index is 2.51. The molecule has 0 unspecified atom stereocenters. The summed E-state index contributed by atoms with van der Waals surface area (Å²) in [6.45, 7) is 8.87. The molecule has 2 rings (SSSR count). The number of carbonyl (C=O) groups excluding carboxylic acids is 1. The molecule has 1 amide bonds. The first-order chi connectivity index (χ1) is 11.0. The van der Waals surface area contributed by atoms with E-state index in [0.717, 1.165) is 16.7 Å². The van der Waals surface area contributed by atoms with Crippen LogP contribution in [0.2, 0.25) is 0 Å². The highest BCUT2D eigenvalue weighted by atomic mass is 16.6. The number of aromatic hydroxyl groups is 1. The first kappa shape index (κ1) is 16.9. The summed E-state index contributed by atoms with van der Waals surface area (Å²) in [4.78, 5) is 13.9. The number of carbonyl (C=O) groups is 1. The van der Waals surface area contributed by atoms with Gasteiger partial charge in [0, 0.05) is 24.2 Å². The van der Waals surface area contributed by atoms with Crippen LogP contribution in [-0.4, -0.2) is 29.2 Å². The molecular weight excluding hydrogens is 290 g/mol. The Hall–Kier alpha value is -2.49. The van der Waals surface area contributed by atoms with Crippen molar-refractivity contribution in [2.45, 2.75) is 27.7 Å². The van der Waals surface area contributed by atoms with Gasteiger partial charge in [0.2, 0.25) is 0 Å². The lowest BCUT2D eigenvalue weighted by molar-refractivity contribution is 0.157. The molecule has 0 bridgehead atoms. The highest BCUT2D eigenvalue weighted by molar-refractivity contribution is 5.83. The quantitative estimate of drug-likeness (QED) is 0.903. The third kappa shape index (κ3) is 3.47. The Bertz CT molecular complexity index is 686. The number of ether oxygens (including phenoxy) is 1. The molecule has 0 saturated carbocycles. The van der Waals surface area contributed by atoms with Crippen LogP contribution in [0.5, 0.6) is 11.5 Å². The van der Waals surface area contributed by atoms with Crippen molar-refractivity contribution >= 4 is 6.09 Å². The van der Waals surface area contributed by atoms with Crippen molar-refractivity contribution in [1.29, 1.82) is 0 Å². The van der Waals surface area contributed by atoms with Crippen LogP contribution in [-0.2, 0) is 0 Å². The van der Waals surface area contributed by atoms with E-state index in [4.69, 9.17) is 4.74 Å². The fraction of sp³-hybridized carbons (Fsp3) is 0.316. The maximum atomic E-state index is 12.3. The summed E-state index contributed by atoms with van der Waals surface area (Å²) in [5.74, 6) is 0.644. The summed E-state index contributed by atoms with van der Waals surface area (Å²) < 4.78 is 5.61. The van der Waals surface area contributed by atoms with Gasteiger partial charge in [-0.2, -0.15) is 0 Å². The summed E-state index contributed by atoms with van der Waals surface area (Å²) in [5.41, 5.74) is 3.33. The van der Waals surface area contributed by atoms with Gasteiger partial charge in [0.1, 0.15) is 11.5 Å². The van der Waals surface area contributed by atoms with Gasteiger partial charge in [0.25, 0.3) is 0 Å². The summed E-state index contributed by atoms with van der Waals surface area (Å²) in [6, 6.07) is 10.9. The van der Waals surface area contributed by atoms with E-state index in [0.29, 0.717) is 24.4 Å². The maximum absolute atomic E-state index is 12.3. The lowest BCUT2D eigenvalue weighted by atomic mass is 9.95. The molecule has 2 aromatic carbocycles. The predicted molar refractivity (Wildman–Crippen MR) is 92.0 cm³/mol. The molecule has 0 radical (unpaired) electrons. The first-order valence-corrected chi connectivity index (χ1v) is 7.84. The zero-order valence-electron chi connectivity index (χ0n) is 14.1. The number of benzene rings is 2. The number of rotatable bonds is 4. The zero-order valence-corrected chi connectivity index (χ0v) is 14.1. The lowest BCUT2D eigenvalue weighted by Crippen LogP contribution is -2.33. The molecule has 0 aliphatic carbocycles. The van der Waals surface area contributed by atoms with Gasteiger partial charge in [-0.3, -0.25) is 0 Å². The van der Waals surface area contributed by atoms with Crippen molar-refractivity contribution in [3.05, 3.63) is 47.5 Å². The molecule has 23 heavy (non-hydrogen) atoms. The minimum Gasteiger partial charge on any atom is -0.507 e. The second-order valence-electron chi connectivity index (χ2n) is 5.46. The molecule has 2 aromatic rings. The third-order valence-electron chi connectivity index (χ3n) is 3.95. The zero-order chi connectivity index (χ0) is 17.0. The van der Waals surface area contributed by atoms with E-state index < -0.39 is 0 Å². The van der Waals surface area contributed by atoms with Crippen LogP contribution in [0.1, 0.15) is 25.0 Å². The van der Waals surface area contributed by atoms with Crippen LogP contribution in [0.15, 0.2) is 36.4 Å². The van der Waals surface area contributed by atoms with Gasteiger partial charge >= 0.3 is 6.09 Å². The Morgan fingerprint density at radius 1 is 1.00 bits per heavy atom. The van der Waals surface area contributed by atoms with Gasteiger partial charge in [-0.05, 0) is 51.0 Å². The van der Waals surface area contributed by atoms with Crippen molar-refractivity contribution in [1.82, 2.24) is 4.90 Å². The monoisotopic (exact) mass is 313 g/mol. The van der Waals surface area contributed by atoms with E-state index in [1.54, 1.807) is 23.1 Å². The molecule has 1 N–H and O–H groups in total. The maximum Gasteiger partial charge on any atom is 0.415 e. The molecule has 0 fully saturated rings. The predicted octanol–water partition coefficient (Wildman–Crippen LogP) is 4.52. The van der Waals surface area contributed by atoms with E-state index in [2.05, 4.69) is 0 Å². The molecule has 4 nitrogen and oxygen atoms in total. The van der Waals surface area contributed by atoms with Crippen LogP contribution in [0.4, 0.5) is 4.79 Å². The van der Waals surface area contributed by atoms with Gasteiger partial charge in [0.05, 0.1) is 0 Å². The van der Waals surface area contributed by atoms with E-state index in [1.807, 2.05) is 45.9 Å². The van der Waals surface area contributed by atoms with Crippen molar-refractivity contribution in [2.75, 3.05) is 13.1 Å². The number of nitrogens with zero attached hydrogens (tertiary/aromatic N) is 1. The Morgan fingerprint density at radius 2 is 1.57 bits per heavy atom. The largest absolute Gasteiger partial charge is 0.507 e. The first-order valence-electron chi connectivity index (χ1n) is 7.84. The smallest absolute Gasteiger partial charge is 0.415 e. The normalized spacial score (nSPS) is 10.4. The Kier molecular flexibility index (Phi) is 5.27. The molecule has 0 aromatic heterocycles. The molecule has 0 atom stereocenters. The number of hydrogen-bond acceptors (Lipinski definition) is 3. The summed E-state index contributed by atoms with van der Waals surface area (Å²) >= 11 is 0. The van der Waals surface area contributed by atoms with Crippen LogP contribution in [0, 0.1) is 13.8 Å². The second kappa shape index (κ2) is 7.18. The van der Waals surface area contributed by atoms with Gasteiger partial charge in [0.15, 0.2) is 0 Å². The molecule has 4 heteroatoms. The average Bonchev–Trinajstić information content (AvgIpc) is 2.50. The van der Waals surface area contributed by atoms with Gasteiger partial charge in [-0.25, -0.2) is 4.79 Å². The minimum atomic E-state index is -0.380. The molecule has 122 valence electrons. The molecule has 0 heterocycles. The molecule has 0 saturated heterocycles. The number of hydrogen-bond donors (Lipinski definition) is 1. The SMILES string of the molecule is CCN(CC)C(=O)Oc1cccc(C)c1-c1c(C)cccc1O. The fourth-order valence-electron chi connectivity index (χ4n) is 2.66. The third-order valence-corrected chi connectivity index (χ3v) is 3.95. The average molecular weight is 313 g/mol. The van der Waals surface area contributed by atoms with E-state index in [-0.39, 0.29) is 11.8 Å². The molecule has 0 aliphatic rings. The molecule has 0 spiro atoms. The highest BCUT2D eigenvalue weighted by Gasteiger charge is 2.19. The summed E-state index contributed by atoms with van der Waals surface area (Å²) in [7, 11) is 0. The van der Waals surface area contributed by atoms with Crippen LogP contribution < -0.4 is 4.74 Å². The van der Waals surface area contributed by atoms with Crippen molar-refractivity contribution in [3.8, 4) is 22.6 Å². The Labute approximate surface area is 137 Å². The van der Waals surface area contributed by atoms with Crippen molar-refractivity contribution < 1.29 is 14.6 Å². The highest BCUT2D eigenvalue weighted by Crippen LogP contribution is 2.40. The van der Waals surface area contributed by atoms with Crippen LogP contribution in [0.3, 0.4) is 0 Å². The Morgan fingerprint density at radius 3 is 2.13 bits per heavy atom. The fourth-order valence-corrected chi connectivity index (χ4v) is 2.66. The van der Waals surface area contributed by atoms with Crippen molar-refractivity contribution in [3.63, 3.8) is 0 Å². The molecular formula is C19H23NO3. The molecule has 0 aliphatic heterocycles. The second-order valence-corrected chi connectivity index (χ2v) is 5.46. The van der Waals surface area contributed by atoms with Crippen LogP contribution in [0.25, 0.3) is 11.1 Å². The van der Waals surface area contributed by atoms with E-state index in [9.17, 15) is 9.90 Å². The van der Waals surface area contributed by atoms with E-state index in [1.165, 1.54) is 0 Å². The summed E-state index contributed by atoms with van der Waals surface area (Å²) in [5, 5.41) is 10.3. The number of aryl methyl sites for hydroxylation is 2. The number of amides is 1. The minimum absolute atomic E-state index is 0.180. The lowest BCUT2D eigenvalue weighted by Gasteiger charge is -2.20.